The van der Waals surface area contributed by atoms with E-state index in [1.165, 1.54) is 0 Å². The first-order valence-electron chi connectivity index (χ1n) is 4.67. The Morgan fingerprint density at radius 1 is 1.20 bits per heavy atom. The Bertz CT molecular complexity index is 426. The van der Waals surface area contributed by atoms with E-state index in [0.29, 0.717) is 4.90 Å². The lowest BCUT2D eigenvalue weighted by Crippen LogP contribution is -2.14. The Morgan fingerprint density at radius 3 is 2.40 bits per heavy atom. The van der Waals surface area contributed by atoms with E-state index >= 15 is 0 Å². The Morgan fingerprint density at radius 2 is 1.87 bits per heavy atom. The molecule has 1 aliphatic rings. The standard InChI is InChI=1S/C10H12O4S/c11-6-9-10(14-9)7-15(12,13)8-4-2-1-3-5-8/h1-5,9-11H,6-7H2/t9-,10+/m0/s1. The van der Waals surface area contributed by atoms with Gasteiger partial charge in [0.1, 0.15) is 12.2 Å². The minimum Gasteiger partial charge on any atom is -0.394 e. The van der Waals surface area contributed by atoms with E-state index in [1.54, 1.807) is 30.3 Å². The molecule has 2 rings (SSSR count). The molecule has 82 valence electrons. The summed E-state index contributed by atoms with van der Waals surface area (Å²) >= 11 is 0. The molecule has 0 bridgehead atoms. The number of sulfone groups is 1. The Kier molecular flexibility index (Phi) is 2.77. The van der Waals surface area contributed by atoms with E-state index in [4.69, 9.17) is 9.84 Å². The van der Waals surface area contributed by atoms with Crippen molar-refractivity contribution >= 4 is 9.84 Å². The third kappa shape index (κ3) is 2.37. The minimum absolute atomic E-state index is 0.0533. The molecule has 0 radical (unpaired) electrons. The van der Waals surface area contributed by atoms with Gasteiger partial charge in [0, 0.05) is 0 Å². The van der Waals surface area contributed by atoms with E-state index in [2.05, 4.69) is 0 Å². The molecule has 1 aliphatic heterocycles. The Labute approximate surface area is 88.4 Å². The number of aliphatic hydroxyl groups excluding tert-OH is 1. The van der Waals surface area contributed by atoms with Crippen LogP contribution in [0.25, 0.3) is 0 Å². The van der Waals surface area contributed by atoms with Crippen LogP contribution >= 0.6 is 0 Å². The summed E-state index contributed by atoms with van der Waals surface area (Å²) in [7, 11) is -3.28. The van der Waals surface area contributed by atoms with Crippen molar-refractivity contribution in [2.24, 2.45) is 0 Å². The number of ether oxygens (including phenoxy) is 1. The van der Waals surface area contributed by atoms with Gasteiger partial charge in [0.2, 0.25) is 0 Å². The molecule has 1 heterocycles. The average molecular weight is 228 g/mol. The van der Waals surface area contributed by atoms with Crippen molar-refractivity contribution in [3.63, 3.8) is 0 Å². The van der Waals surface area contributed by atoms with Crippen LogP contribution in [0.1, 0.15) is 0 Å². The van der Waals surface area contributed by atoms with E-state index in [1.807, 2.05) is 0 Å². The van der Waals surface area contributed by atoms with Crippen LogP contribution < -0.4 is 0 Å². The molecule has 1 saturated heterocycles. The van der Waals surface area contributed by atoms with Crippen LogP contribution in [-0.2, 0) is 14.6 Å². The Balaban J connectivity index is 2.09. The van der Waals surface area contributed by atoms with Gasteiger partial charge in [-0.2, -0.15) is 0 Å². The second-order valence-corrected chi connectivity index (χ2v) is 5.52. The molecule has 0 amide bonds. The molecule has 0 aliphatic carbocycles. The van der Waals surface area contributed by atoms with Crippen LogP contribution in [0.3, 0.4) is 0 Å². The van der Waals surface area contributed by atoms with Crippen molar-refractivity contribution in [1.29, 1.82) is 0 Å². The van der Waals surface area contributed by atoms with Gasteiger partial charge >= 0.3 is 0 Å². The van der Waals surface area contributed by atoms with Crippen molar-refractivity contribution in [3.8, 4) is 0 Å². The third-order valence-corrected chi connectivity index (χ3v) is 4.11. The minimum atomic E-state index is -3.28. The quantitative estimate of drug-likeness (QED) is 0.749. The van der Waals surface area contributed by atoms with Gasteiger partial charge in [0.05, 0.1) is 17.3 Å². The van der Waals surface area contributed by atoms with Crippen LogP contribution in [0.4, 0.5) is 0 Å². The largest absolute Gasteiger partial charge is 0.394 e. The van der Waals surface area contributed by atoms with Crippen LogP contribution in [0.2, 0.25) is 0 Å². The van der Waals surface area contributed by atoms with Gasteiger partial charge in [0.25, 0.3) is 0 Å². The molecule has 0 saturated carbocycles. The zero-order chi connectivity index (χ0) is 10.9. The summed E-state index contributed by atoms with van der Waals surface area (Å²) in [5.41, 5.74) is 0. The fourth-order valence-corrected chi connectivity index (χ4v) is 2.92. The third-order valence-electron chi connectivity index (χ3n) is 2.35. The van der Waals surface area contributed by atoms with Gasteiger partial charge in [-0.1, -0.05) is 18.2 Å². The lowest BCUT2D eigenvalue weighted by molar-refractivity contribution is 0.242. The summed E-state index contributed by atoms with van der Waals surface area (Å²) in [5, 5.41) is 8.72. The maximum atomic E-state index is 11.8. The van der Waals surface area contributed by atoms with Crippen LogP contribution in [-0.4, -0.2) is 38.1 Å². The second kappa shape index (κ2) is 3.92. The Hall–Kier alpha value is -0.910. The van der Waals surface area contributed by atoms with Gasteiger partial charge in [-0.3, -0.25) is 0 Å². The smallest absolute Gasteiger partial charge is 0.181 e. The molecule has 1 fully saturated rings. The van der Waals surface area contributed by atoms with Crippen LogP contribution in [0.5, 0.6) is 0 Å². The molecule has 15 heavy (non-hydrogen) atoms. The number of aliphatic hydroxyl groups is 1. The highest BCUT2D eigenvalue weighted by atomic mass is 32.2. The van der Waals surface area contributed by atoms with Crippen LogP contribution in [0, 0.1) is 0 Å². The molecular formula is C10H12O4S. The normalized spacial score (nSPS) is 25.1. The van der Waals surface area contributed by atoms with Crippen LogP contribution in [0.15, 0.2) is 35.2 Å². The van der Waals surface area contributed by atoms with E-state index in [9.17, 15) is 8.42 Å². The van der Waals surface area contributed by atoms with Gasteiger partial charge in [0.15, 0.2) is 9.84 Å². The van der Waals surface area contributed by atoms with E-state index in [0.717, 1.165) is 0 Å². The van der Waals surface area contributed by atoms with Crippen molar-refractivity contribution in [2.45, 2.75) is 17.1 Å². The monoisotopic (exact) mass is 228 g/mol. The average Bonchev–Trinajstić information content (AvgIpc) is 2.97. The van der Waals surface area contributed by atoms with Crippen molar-refractivity contribution in [1.82, 2.24) is 0 Å². The summed E-state index contributed by atoms with van der Waals surface area (Å²) in [6.07, 6.45) is -0.649. The summed E-state index contributed by atoms with van der Waals surface area (Å²) in [6, 6.07) is 8.26. The molecule has 1 N–H and O–H groups in total. The fourth-order valence-electron chi connectivity index (χ4n) is 1.43. The molecule has 2 atom stereocenters. The van der Waals surface area contributed by atoms with Gasteiger partial charge in [-0.25, -0.2) is 8.42 Å². The molecule has 0 unspecified atom stereocenters. The maximum absolute atomic E-state index is 11.8. The van der Waals surface area contributed by atoms with Crippen molar-refractivity contribution < 1.29 is 18.3 Å². The molecular weight excluding hydrogens is 216 g/mol. The van der Waals surface area contributed by atoms with Crippen molar-refractivity contribution in [3.05, 3.63) is 30.3 Å². The van der Waals surface area contributed by atoms with E-state index < -0.39 is 9.84 Å². The summed E-state index contributed by atoms with van der Waals surface area (Å²) in [6.45, 7) is -0.116. The predicted molar refractivity (Wildman–Crippen MR) is 54.2 cm³/mol. The van der Waals surface area contributed by atoms with Crippen molar-refractivity contribution in [2.75, 3.05) is 12.4 Å². The predicted octanol–water partition coefficient (Wildman–Crippen LogP) is 0.220. The van der Waals surface area contributed by atoms with E-state index in [-0.39, 0.29) is 24.6 Å². The maximum Gasteiger partial charge on any atom is 0.181 e. The molecule has 1 aromatic rings. The van der Waals surface area contributed by atoms with Gasteiger partial charge < -0.3 is 9.84 Å². The first-order valence-corrected chi connectivity index (χ1v) is 6.33. The summed E-state index contributed by atoms with van der Waals surface area (Å²) in [4.78, 5) is 0.303. The molecule has 0 aromatic heterocycles. The lowest BCUT2D eigenvalue weighted by Gasteiger charge is -2.01. The highest BCUT2D eigenvalue weighted by Crippen LogP contribution is 2.25. The number of epoxide rings is 1. The number of rotatable bonds is 4. The summed E-state index contributed by atoms with van der Waals surface area (Å²) in [5.74, 6) is -0.0533. The zero-order valence-electron chi connectivity index (χ0n) is 8.04. The molecule has 5 heteroatoms. The molecule has 0 spiro atoms. The number of hydrogen-bond donors (Lipinski definition) is 1. The molecule has 4 nitrogen and oxygen atoms in total. The first kappa shape index (κ1) is 10.6. The fraction of sp³-hybridized carbons (Fsp3) is 0.400. The zero-order valence-corrected chi connectivity index (χ0v) is 8.85. The molecule has 1 aromatic carbocycles. The highest BCUT2D eigenvalue weighted by Gasteiger charge is 2.41. The number of hydrogen-bond acceptors (Lipinski definition) is 4. The SMILES string of the molecule is O=S(=O)(C[C@H]1O[C@H]1CO)c1ccccc1. The second-order valence-electron chi connectivity index (χ2n) is 3.49. The lowest BCUT2D eigenvalue weighted by atomic mass is 10.4. The van der Waals surface area contributed by atoms with Gasteiger partial charge in [-0.15, -0.1) is 0 Å². The number of benzene rings is 1. The highest BCUT2D eigenvalue weighted by molar-refractivity contribution is 7.91. The topological polar surface area (TPSA) is 66.9 Å². The first-order chi connectivity index (χ1) is 7.13. The van der Waals surface area contributed by atoms with Gasteiger partial charge in [-0.05, 0) is 12.1 Å². The summed E-state index contributed by atoms with van der Waals surface area (Å²) < 4.78 is 28.6.